The Morgan fingerprint density at radius 1 is 1.19 bits per heavy atom. The lowest BCUT2D eigenvalue weighted by Crippen LogP contribution is -2.32. The van der Waals surface area contributed by atoms with Gasteiger partial charge in [-0.3, -0.25) is 9.59 Å². The first-order valence-electron chi connectivity index (χ1n) is 9.81. The number of fused-ring (bicyclic) bond motifs is 3. The molecule has 2 aromatic rings. The number of aromatic nitrogens is 2. The topological polar surface area (TPSA) is 121 Å². The number of methoxy groups -OCH3 is 3. The Morgan fingerprint density at radius 3 is 2.42 bits per heavy atom. The largest absolute Gasteiger partial charge is 0.493 e. The number of carbonyl (C=O) groups is 2. The number of primary amides is 1. The van der Waals surface area contributed by atoms with Crippen LogP contribution in [0.3, 0.4) is 0 Å². The molecule has 3 N–H and O–H groups in total. The summed E-state index contributed by atoms with van der Waals surface area (Å²) >= 11 is 0. The lowest BCUT2D eigenvalue weighted by atomic mass is 10.0. The third-order valence-corrected chi connectivity index (χ3v) is 5.83. The van der Waals surface area contributed by atoms with Crippen LogP contribution in [0.25, 0.3) is 11.3 Å². The van der Waals surface area contributed by atoms with E-state index < -0.39 is 5.91 Å². The van der Waals surface area contributed by atoms with Gasteiger partial charge < -0.3 is 30.2 Å². The van der Waals surface area contributed by atoms with E-state index in [9.17, 15) is 9.59 Å². The van der Waals surface area contributed by atoms with Crippen molar-refractivity contribution in [1.82, 2.24) is 14.7 Å². The molecule has 2 aliphatic rings. The van der Waals surface area contributed by atoms with E-state index in [-0.39, 0.29) is 23.4 Å². The number of carbonyl (C=O) groups excluding carboxylic acids is 2. The van der Waals surface area contributed by atoms with E-state index in [2.05, 4.69) is 11.9 Å². The van der Waals surface area contributed by atoms with Crippen molar-refractivity contribution in [3.8, 4) is 28.5 Å². The summed E-state index contributed by atoms with van der Waals surface area (Å²) in [6.45, 7) is 5.25. The molecule has 3 heterocycles. The average Bonchev–Trinajstić information content (AvgIpc) is 3.38. The number of likely N-dealkylation sites (tertiary alicyclic amines) is 1. The number of nitrogens with two attached hydrogens (primary N) is 1. The van der Waals surface area contributed by atoms with Crippen LogP contribution < -0.4 is 25.3 Å². The van der Waals surface area contributed by atoms with Crippen molar-refractivity contribution in [1.29, 1.82) is 0 Å². The molecule has 2 atom stereocenters. The molecule has 2 aliphatic heterocycles. The molecule has 0 saturated carbocycles. The molecule has 1 aromatic carbocycles. The van der Waals surface area contributed by atoms with Gasteiger partial charge in [-0.15, -0.1) is 0 Å². The highest BCUT2D eigenvalue weighted by atomic mass is 16.5. The zero-order valence-electron chi connectivity index (χ0n) is 17.7. The number of ether oxygens (including phenoxy) is 3. The summed E-state index contributed by atoms with van der Waals surface area (Å²) in [7, 11) is 4.55. The first-order valence-corrected chi connectivity index (χ1v) is 9.81. The van der Waals surface area contributed by atoms with Crippen molar-refractivity contribution in [2.45, 2.75) is 6.04 Å². The predicted molar refractivity (Wildman–Crippen MR) is 114 cm³/mol. The van der Waals surface area contributed by atoms with Gasteiger partial charge in [-0.05, 0) is 18.2 Å². The van der Waals surface area contributed by atoms with E-state index in [1.54, 1.807) is 21.7 Å². The molecule has 2 unspecified atom stereocenters. The summed E-state index contributed by atoms with van der Waals surface area (Å²) < 4.78 is 18.0. The Bertz CT molecular complexity index is 1040. The summed E-state index contributed by atoms with van der Waals surface area (Å²) in [5, 5.41) is 8.03. The third kappa shape index (κ3) is 3.24. The Balaban J connectivity index is 1.84. The molecular weight excluding hydrogens is 402 g/mol. The van der Waals surface area contributed by atoms with Crippen LogP contribution >= 0.6 is 0 Å². The molecule has 164 valence electrons. The normalized spacial score (nSPS) is 19.1. The monoisotopic (exact) mass is 427 g/mol. The maximum absolute atomic E-state index is 12.4. The standard InChI is InChI=1S/C21H25N5O5/c1-5-16(27)25-9-12-8-23-21-17(20(22)28)18(24-26(21)13(12)10-25)11-6-14(29-2)19(31-4)15(7-11)30-3/h5-7,12-13,23H,1,8-10H2,2-4H3,(H2,22,28). The van der Waals surface area contributed by atoms with Crippen molar-refractivity contribution in [2.24, 2.45) is 11.7 Å². The summed E-state index contributed by atoms with van der Waals surface area (Å²) in [5.41, 5.74) is 7.04. The van der Waals surface area contributed by atoms with Gasteiger partial charge in [0.15, 0.2) is 11.5 Å². The summed E-state index contributed by atoms with van der Waals surface area (Å²) in [5.74, 6) is 1.29. The predicted octanol–water partition coefficient (Wildman–Crippen LogP) is 1.29. The van der Waals surface area contributed by atoms with Crippen LogP contribution in [-0.4, -0.2) is 67.5 Å². The fourth-order valence-electron chi connectivity index (χ4n) is 4.37. The van der Waals surface area contributed by atoms with E-state index in [1.165, 1.54) is 27.4 Å². The molecule has 2 amide bonds. The number of benzene rings is 1. The fraction of sp³-hybridized carbons (Fsp3) is 0.381. The van der Waals surface area contributed by atoms with Crippen molar-refractivity contribution < 1.29 is 23.8 Å². The van der Waals surface area contributed by atoms with Crippen LogP contribution in [0.15, 0.2) is 24.8 Å². The highest BCUT2D eigenvalue weighted by Crippen LogP contribution is 2.44. The molecule has 31 heavy (non-hydrogen) atoms. The number of hydrogen-bond donors (Lipinski definition) is 2. The van der Waals surface area contributed by atoms with Gasteiger partial charge in [-0.2, -0.15) is 5.10 Å². The van der Waals surface area contributed by atoms with Crippen LogP contribution in [0.4, 0.5) is 5.82 Å². The summed E-state index contributed by atoms with van der Waals surface area (Å²) in [6, 6.07) is 3.37. The highest BCUT2D eigenvalue weighted by molar-refractivity contribution is 6.04. The lowest BCUT2D eigenvalue weighted by molar-refractivity contribution is -0.125. The van der Waals surface area contributed by atoms with Gasteiger partial charge in [-0.25, -0.2) is 4.68 Å². The minimum atomic E-state index is -0.604. The first kappa shape index (κ1) is 20.6. The molecule has 1 saturated heterocycles. The van der Waals surface area contributed by atoms with Crippen LogP contribution in [0.1, 0.15) is 16.4 Å². The second-order valence-electron chi connectivity index (χ2n) is 7.45. The highest BCUT2D eigenvalue weighted by Gasteiger charge is 2.42. The van der Waals surface area contributed by atoms with Crippen molar-refractivity contribution in [2.75, 3.05) is 46.3 Å². The average molecular weight is 427 g/mol. The van der Waals surface area contributed by atoms with E-state index in [1.807, 2.05) is 0 Å². The SMILES string of the molecule is C=CC(=O)N1CC2CNc3c(C(N)=O)c(-c4cc(OC)c(OC)c(OC)c4)nn3C2C1. The number of amides is 2. The molecule has 4 rings (SSSR count). The second kappa shape index (κ2) is 7.86. The zero-order valence-corrected chi connectivity index (χ0v) is 17.7. The number of anilines is 1. The van der Waals surface area contributed by atoms with Crippen LogP contribution in [-0.2, 0) is 4.79 Å². The molecule has 0 bridgehead atoms. The molecule has 0 spiro atoms. The lowest BCUT2D eigenvalue weighted by Gasteiger charge is -2.27. The quantitative estimate of drug-likeness (QED) is 0.666. The van der Waals surface area contributed by atoms with Gasteiger partial charge in [-0.1, -0.05) is 6.58 Å². The Labute approximate surface area is 179 Å². The molecule has 1 aromatic heterocycles. The Kier molecular flexibility index (Phi) is 5.22. The minimum absolute atomic E-state index is 0.0750. The number of nitrogens with zero attached hydrogens (tertiary/aromatic N) is 3. The van der Waals surface area contributed by atoms with Crippen LogP contribution in [0, 0.1) is 5.92 Å². The summed E-state index contributed by atoms with van der Waals surface area (Å²) in [6.07, 6.45) is 1.31. The van der Waals surface area contributed by atoms with Gasteiger partial charge in [0.1, 0.15) is 17.1 Å². The zero-order chi connectivity index (χ0) is 22.3. The number of hydrogen-bond acceptors (Lipinski definition) is 7. The van der Waals surface area contributed by atoms with E-state index >= 15 is 0 Å². The number of nitrogens with one attached hydrogen (secondary N) is 1. The third-order valence-electron chi connectivity index (χ3n) is 5.83. The van der Waals surface area contributed by atoms with Crippen molar-refractivity contribution >= 4 is 17.6 Å². The van der Waals surface area contributed by atoms with Gasteiger partial charge in [0, 0.05) is 31.1 Å². The second-order valence-corrected chi connectivity index (χ2v) is 7.45. The molecule has 0 radical (unpaired) electrons. The maximum Gasteiger partial charge on any atom is 0.254 e. The molecule has 1 fully saturated rings. The van der Waals surface area contributed by atoms with Crippen LogP contribution in [0.2, 0.25) is 0 Å². The Hall–Kier alpha value is -3.69. The molecular formula is C21H25N5O5. The van der Waals surface area contributed by atoms with Gasteiger partial charge in [0.25, 0.3) is 5.91 Å². The fourth-order valence-corrected chi connectivity index (χ4v) is 4.37. The van der Waals surface area contributed by atoms with Crippen LogP contribution in [0.5, 0.6) is 17.2 Å². The van der Waals surface area contributed by atoms with E-state index in [0.717, 1.165) is 0 Å². The molecule has 10 nitrogen and oxygen atoms in total. The van der Waals surface area contributed by atoms with Crippen molar-refractivity contribution in [3.05, 3.63) is 30.4 Å². The molecule has 0 aliphatic carbocycles. The number of rotatable bonds is 6. The minimum Gasteiger partial charge on any atom is -0.493 e. The summed E-state index contributed by atoms with van der Waals surface area (Å²) in [4.78, 5) is 26.3. The molecule has 10 heteroatoms. The van der Waals surface area contributed by atoms with Gasteiger partial charge in [0.2, 0.25) is 11.7 Å². The van der Waals surface area contributed by atoms with E-state index in [0.29, 0.717) is 54.0 Å². The smallest absolute Gasteiger partial charge is 0.254 e. The Morgan fingerprint density at radius 2 is 1.87 bits per heavy atom. The maximum atomic E-state index is 12.4. The van der Waals surface area contributed by atoms with Gasteiger partial charge in [0.05, 0.1) is 27.4 Å². The first-order chi connectivity index (χ1) is 14.9. The van der Waals surface area contributed by atoms with E-state index in [4.69, 9.17) is 25.0 Å². The van der Waals surface area contributed by atoms with Gasteiger partial charge >= 0.3 is 0 Å². The van der Waals surface area contributed by atoms with Crippen molar-refractivity contribution in [3.63, 3.8) is 0 Å².